The average Bonchev–Trinajstić information content (AvgIpc) is 3.30. The van der Waals surface area contributed by atoms with Crippen molar-refractivity contribution in [3.63, 3.8) is 0 Å². The molecule has 2 aliphatic heterocycles. The van der Waals surface area contributed by atoms with Crippen molar-refractivity contribution in [3.8, 4) is 5.69 Å². The first kappa shape index (κ1) is 31.2. The van der Waals surface area contributed by atoms with Crippen molar-refractivity contribution < 1.29 is 19.5 Å². The third-order valence-corrected chi connectivity index (χ3v) is 9.95. The van der Waals surface area contributed by atoms with E-state index in [2.05, 4.69) is 17.1 Å². The molecular weight excluding hydrogens is 544 g/mol. The van der Waals surface area contributed by atoms with Crippen LogP contribution in [0.1, 0.15) is 85.6 Å². The molecule has 3 amide bonds. The van der Waals surface area contributed by atoms with Gasteiger partial charge in [-0.15, -0.1) is 0 Å². The van der Waals surface area contributed by atoms with Gasteiger partial charge in [0.05, 0.1) is 17.5 Å². The zero-order valence-electron chi connectivity index (χ0n) is 26.4. The van der Waals surface area contributed by atoms with E-state index in [9.17, 15) is 19.5 Å². The van der Waals surface area contributed by atoms with Gasteiger partial charge in [0.15, 0.2) is 0 Å². The lowest BCUT2D eigenvalue weighted by molar-refractivity contribution is -0.165. The molecule has 0 radical (unpaired) electrons. The molecule has 3 aliphatic rings. The zero-order valence-corrected chi connectivity index (χ0v) is 26.4. The fraction of sp³-hybridized carbons (Fsp3) is 0.636. The molecule has 43 heavy (non-hydrogen) atoms. The summed E-state index contributed by atoms with van der Waals surface area (Å²) in [6.07, 6.45) is 6.17. The molecule has 1 saturated carbocycles. The van der Waals surface area contributed by atoms with Crippen LogP contribution in [0.3, 0.4) is 0 Å². The Morgan fingerprint density at radius 3 is 2.35 bits per heavy atom. The molecule has 5 rings (SSSR count). The second-order valence-corrected chi connectivity index (χ2v) is 12.9. The molecule has 10 nitrogen and oxygen atoms in total. The third-order valence-electron chi connectivity index (χ3n) is 9.95. The van der Waals surface area contributed by atoms with E-state index in [4.69, 9.17) is 5.10 Å². The summed E-state index contributed by atoms with van der Waals surface area (Å²) in [5.74, 6) is -0.214. The van der Waals surface area contributed by atoms with Crippen molar-refractivity contribution in [3.05, 3.63) is 46.8 Å². The number of hydrogen-bond acceptors (Lipinski definition) is 6. The van der Waals surface area contributed by atoms with Crippen molar-refractivity contribution in [1.29, 1.82) is 0 Å². The molecule has 2 aromatic rings. The van der Waals surface area contributed by atoms with Gasteiger partial charge in [-0.1, -0.05) is 26.2 Å². The number of rotatable bonds is 8. The van der Waals surface area contributed by atoms with Crippen LogP contribution in [0.5, 0.6) is 0 Å². The Hall–Kier alpha value is -3.24. The molecule has 10 heteroatoms. The number of piperazine rings is 1. The van der Waals surface area contributed by atoms with Crippen molar-refractivity contribution >= 4 is 17.7 Å². The zero-order chi connectivity index (χ0) is 30.9. The smallest absolute Gasteiger partial charge is 0.253 e. The monoisotopic (exact) mass is 592 g/mol. The van der Waals surface area contributed by atoms with E-state index >= 15 is 0 Å². The lowest BCUT2D eigenvalue weighted by atomic mass is 9.78. The van der Waals surface area contributed by atoms with Crippen LogP contribution >= 0.6 is 0 Å². The summed E-state index contributed by atoms with van der Waals surface area (Å²) < 4.78 is 1.92. The Morgan fingerprint density at radius 1 is 1.09 bits per heavy atom. The second-order valence-electron chi connectivity index (χ2n) is 12.9. The Morgan fingerprint density at radius 2 is 1.74 bits per heavy atom. The first-order chi connectivity index (χ1) is 20.6. The summed E-state index contributed by atoms with van der Waals surface area (Å²) in [4.78, 5) is 45.6. The molecule has 2 unspecified atom stereocenters. The highest BCUT2D eigenvalue weighted by Gasteiger charge is 2.55. The molecule has 3 heterocycles. The van der Waals surface area contributed by atoms with Gasteiger partial charge in [0.1, 0.15) is 11.6 Å². The van der Waals surface area contributed by atoms with E-state index in [1.807, 2.05) is 42.8 Å². The topological polar surface area (TPSA) is 111 Å². The van der Waals surface area contributed by atoms with Gasteiger partial charge in [0.25, 0.3) is 5.91 Å². The van der Waals surface area contributed by atoms with Crippen LogP contribution in [0.4, 0.5) is 0 Å². The minimum absolute atomic E-state index is 0.0368. The second kappa shape index (κ2) is 12.8. The maximum atomic E-state index is 13.8. The molecule has 1 aliphatic carbocycles. The quantitative estimate of drug-likeness (QED) is 0.487. The molecule has 1 aromatic heterocycles. The van der Waals surface area contributed by atoms with E-state index in [0.717, 1.165) is 54.7 Å². The molecular formula is C33H48N6O4. The summed E-state index contributed by atoms with van der Waals surface area (Å²) in [7, 11) is 3.48. The summed E-state index contributed by atoms with van der Waals surface area (Å²) in [5, 5.41) is 19.0. The Bertz CT molecular complexity index is 1320. The number of carbonyl (C=O) groups is 3. The van der Waals surface area contributed by atoms with E-state index in [1.165, 1.54) is 6.42 Å². The van der Waals surface area contributed by atoms with E-state index in [0.29, 0.717) is 44.6 Å². The largest absolute Gasteiger partial charge is 0.390 e. The minimum atomic E-state index is -0.869. The summed E-state index contributed by atoms with van der Waals surface area (Å²) >= 11 is 0. The van der Waals surface area contributed by atoms with Crippen molar-refractivity contribution in [1.82, 2.24) is 29.8 Å². The molecule has 1 aromatic carbocycles. The van der Waals surface area contributed by atoms with Crippen LogP contribution < -0.4 is 5.32 Å². The number of hydrogen-bond donors (Lipinski definition) is 2. The molecule has 2 N–H and O–H groups in total. The highest BCUT2D eigenvalue weighted by molar-refractivity contribution is 6.00. The average molecular weight is 593 g/mol. The normalized spacial score (nSPS) is 22.1. The van der Waals surface area contributed by atoms with Gasteiger partial charge in [0, 0.05) is 57.1 Å². The van der Waals surface area contributed by atoms with Crippen LogP contribution in [0.2, 0.25) is 0 Å². The van der Waals surface area contributed by atoms with E-state index in [-0.39, 0.29) is 23.6 Å². The van der Waals surface area contributed by atoms with Crippen LogP contribution in [-0.2, 0) is 16.1 Å². The predicted octanol–water partition coefficient (Wildman–Crippen LogP) is 3.20. The van der Waals surface area contributed by atoms with Crippen LogP contribution in [-0.4, -0.2) is 98.7 Å². The minimum Gasteiger partial charge on any atom is -0.390 e. The Balaban J connectivity index is 1.28. The number of amides is 3. The molecule has 1 spiro atoms. The van der Waals surface area contributed by atoms with Gasteiger partial charge in [-0.05, 0) is 76.1 Å². The number of aromatic nitrogens is 2. The fourth-order valence-corrected chi connectivity index (χ4v) is 7.33. The standard InChI is InChI=1S/C33H48N6O4/c1-6-18-38-31(42)28(29(40)24-10-8-7-9-11-24)34-32(43)33(38)16-19-37(20-17-33)21-27-22(2)35-39(23(27)3)26-14-12-25(13-15-26)30(41)36(4)5/h12-15,24,28-29,40H,6-11,16-21H2,1-5H3,(H,34,43). The summed E-state index contributed by atoms with van der Waals surface area (Å²) in [5.41, 5.74) is 3.81. The number of benzene rings is 1. The summed E-state index contributed by atoms with van der Waals surface area (Å²) in [6.45, 7) is 8.70. The maximum absolute atomic E-state index is 13.8. The van der Waals surface area contributed by atoms with Crippen molar-refractivity contribution in [2.45, 2.75) is 96.4 Å². The van der Waals surface area contributed by atoms with E-state index < -0.39 is 17.7 Å². The lowest BCUT2D eigenvalue weighted by Gasteiger charge is -2.52. The predicted molar refractivity (Wildman–Crippen MR) is 165 cm³/mol. The van der Waals surface area contributed by atoms with Gasteiger partial charge in [-0.2, -0.15) is 5.10 Å². The fourth-order valence-electron chi connectivity index (χ4n) is 7.33. The van der Waals surface area contributed by atoms with Crippen molar-refractivity contribution in [2.75, 3.05) is 33.7 Å². The van der Waals surface area contributed by atoms with Gasteiger partial charge < -0.3 is 20.2 Å². The number of likely N-dealkylation sites (tertiary alicyclic amines) is 1. The first-order valence-corrected chi connectivity index (χ1v) is 16.0. The number of piperidine rings is 1. The van der Waals surface area contributed by atoms with Gasteiger partial charge >= 0.3 is 0 Å². The number of aliphatic hydroxyl groups excluding tert-OH is 1. The summed E-state index contributed by atoms with van der Waals surface area (Å²) in [6, 6.07) is 6.65. The number of aliphatic hydroxyl groups is 1. The Labute approximate surface area is 255 Å². The number of aryl methyl sites for hydroxylation is 1. The lowest BCUT2D eigenvalue weighted by Crippen LogP contribution is -2.75. The molecule has 3 fully saturated rings. The highest BCUT2D eigenvalue weighted by atomic mass is 16.3. The van der Waals surface area contributed by atoms with Crippen LogP contribution in [0.25, 0.3) is 5.69 Å². The van der Waals surface area contributed by atoms with Gasteiger partial charge in [0.2, 0.25) is 11.8 Å². The number of carbonyl (C=O) groups excluding carboxylic acids is 3. The number of nitrogens with one attached hydrogen (secondary N) is 1. The molecule has 2 saturated heterocycles. The highest BCUT2D eigenvalue weighted by Crippen LogP contribution is 2.36. The van der Waals surface area contributed by atoms with E-state index in [1.54, 1.807) is 23.9 Å². The Kier molecular flexibility index (Phi) is 9.27. The molecule has 234 valence electrons. The molecule has 0 bridgehead atoms. The van der Waals surface area contributed by atoms with Crippen LogP contribution in [0.15, 0.2) is 24.3 Å². The SMILES string of the molecule is CCCN1C(=O)C(C(O)C2CCCCC2)NC(=O)C12CCN(Cc1c(C)nn(-c3ccc(C(=O)N(C)C)cc3)c1C)CC2. The van der Waals surface area contributed by atoms with Gasteiger partial charge in [-0.3, -0.25) is 19.3 Å². The first-order valence-electron chi connectivity index (χ1n) is 16.0. The molecule has 2 atom stereocenters. The third kappa shape index (κ3) is 5.96. The van der Waals surface area contributed by atoms with Crippen molar-refractivity contribution in [2.24, 2.45) is 5.92 Å². The van der Waals surface area contributed by atoms with Gasteiger partial charge in [-0.25, -0.2) is 4.68 Å². The number of nitrogens with zero attached hydrogens (tertiary/aromatic N) is 5. The maximum Gasteiger partial charge on any atom is 0.253 e. The van der Waals surface area contributed by atoms with Crippen LogP contribution in [0, 0.1) is 19.8 Å².